The maximum Gasteiger partial charge on any atom is 0.232 e. The van der Waals surface area contributed by atoms with E-state index in [0.717, 1.165) is 31.8 Å². The Hall–Kier alpha value is -0.220. The molecule has 1 aliphatic heterocycles. The summed E-state index contributed by atoms with van der Waals surface area (Å²) >= 11 is 1.54. The molecule has 1 aliphatic rings. The molecular formula is C11H21NO2S. The molecule has 3 nitrogen and oxygen atoms in total. The quantitative estimate of drug-likeness (QED) is 0.794. The minimum absolute atomic E-state index is 0.148. The van der Waals surface area contributed by atoms with Crippen LogP contribution >= 0.6 is 11.8 Å². The van der Waals surface area contributed by atoms with Crippen LogP contribution < -0.4 is 0 Å². The molecule has 0 aromatic heterocycles. The summed E-state index contributed by atoms with van der Waals surface area (Å²) < 4.78 is 0. The van der Waals surface area contributed by atoms with Gasteiger partial charge in [-0.1, -0.05) is 13.8 Å². The fourth-order valence-electron chi connectivity index (χ4n) is 1.62. The molecule has 1 N–H and O–H groups in total. The molecule has 0 aromatic rings. The molecule has 0 radical (unpaired) electrons. The molecule has 1 fully saturated rings. The number of thioether (sulfide) groups is 1. The number of rotatable bonds is 4. The first kappa shape index (κ1) is 12.8. The van der Waals surface area contributed by atoms with Crippen molar-refractivity contribution in [2.45, 2.75) is 31.9 Å². The van der Waals surface area contributed by atoms with Gasteiger partial charge in [0.05, 0.1) is 12.4 Å². The van der Waals surface area contributed by atoms with Gasteiger partial charge in [-0.25, -0.2) is 0 Å². The molecule has 15 heavy (non-hydrogen) atoms. The second-order valence-corrected chi connectivity index (χ2v) is 5.79. The van der Waals surface area contributed by atoms with Gasteiger partial charge in [0, 0.05) is 18.3 Å². The van der Waals surface area contributed by atoms with Gasteiger partial charge in [0.25, 0.3) is 0 Å². The smallest absolute Gasteiger partial charge is 0.232 e. The van der Waals surface area contributed by atoms with Crippen molar-refractivity contribution in [2.24, 2.45) is 5.92 Å². The first-order valence-electron chi connectivity index (χ1n) is 5.63. The van der Waals surface area contributed by atoms with E-state index < -0.39 is 0 Å². The van der Waals surface area contributed by atoms with E-state index in [-0.39, 0.29) is 17.8 Å². The van der Waals surface area contributed by atoms with Gasteiger partial charge < -0.3 is 10.0 Å². The zero-order chi connectivity index (χ0) is 11.3. The van der Waals surface area contributed by atoms with Crippen molar-refractivity contribution < 1.29 is 9.90 Å². The lowest BCUT2D eigenvalue weighted by molar-refractivity contribution is -0.129. The van der Waals surface area contributed by atoms with Crippen molar-refractivity contribution in [1.29, 1.82) is 0 Å². The number of hydrogen-bond acceptors (Lipinski definition) is 3. The zero-order valence-electron chi connectivity index (χ0n) is 9.61. The molecule has 0 bridgehead atoms. The SMILES string of the molecule is CC1CCN(C(=O)CS[C@H](C)CO)CC1. The van der Waals surface area contributed by atoms with Gasteiger partial charge in [-0.3, -0.25) is 4.79 Å². The predicted molar refractivity (Wildman–Crippen MR) is 64.0 cm³/mol. The van der Waals surface area contributed by atoms with Crippen LogP contribution in [0.2, 0.25) is 0 Å². The summed E-state index contributed by atoms with van der Waals surface area (Å²) in [5.74, 6) is 1.50. The zero-order valence-corrected chi connectivity index (χ0v) is 10.4. The van der Waals surface area contributed by atoms with Crippen molar-refractivity contribution >= 4 is 17.7 Å². The summed E-state index contributed by atoms with van der Waals surface area (Å²) in [4.78, 5) is 13.7. The minimum atomic E-state index is 0.148. The van der Waals surface area contributed by atoms with E-state index in [4.69, 9.17) is 5.11 Å². The van der Waals surface area contributed by atoms with Gasteiger partial charge in [-0.05, 0) is 18.8 Å². The van der Waals surface area contributed by atoms with E-state index in [1.807, 2.05) is 11.8 Å². The molecule has 1 heterocycles. The topological polar surface area (TPSA) is 40.5 Å². The van der Waals surface area contributed by atoms with E-state index >= 15 is 0 Å². The summed E-state index contributed by atoms with van der Waals surface area (Å²) in [6, 6.07) is 0. The number of hydrogen-bond donors (Lipinski definition) is 1. The Balaban J connectivity index is 2.22. The Kier molecular flexibility index (Phi) is 5.47. The van der Waals surface area contributed by atoms with Crippen molar-refractivity contribution in [3.05, 3.63) is 0 Å². The Labute approximate surface area is 96.2 Å². The van der Waals surface area contributed by atoms with Crippen LogP contribution in [-0.2, 0) is 4.79 Å². The molecule has 0 saturated carbocycles. The molecule has 0 aliphatic carbocycles. The third kappa shape index (κ3) is 4.43. The van der Waals surface area contributed by atoms with Crippen LogP contribution in [0.3, 0.4) is 0 Å². The molecule has 0 unspecified atom stereocenters. The Morgan fingerprint density at radius 1 is 1.53 bits per heavy atom. The van der Waals surface area contributed by atoms with E-state index in [1.165, 1.54) is 11.8 Å². The highest BCUT2D eigenvalue weighted by atomic mass is 32.2. The monoisotopic (exact) mass is 231 g/mol. The lowest BCUT2D eigenvalue weighted by Crippen LogP contribution is -2.39. The number of piperidine rings is 1. The van der Waals surface area contributed by atoms with Crippen molar-refractivity contribution in [3.63, 3.8) is 0 Å². The normalized spacial score (nSPS) is 20.3. The van der Waals surface area contributed by atoms with Gasteiger partial charge in [-0.2, -0.15) is 0 Å². The number of nitrogens with zero attached hydrogens (tertiary/aromatic N) is 1. The summed E-state index contributed by atoms with van der Waals surface area (Å²) in [7, 11) is 0. The number of carbonyl (C=O) groups is 1. The first-order valence-corrected chi connectivity index (χ1v) is 6.68. The molecule has 1 amide bonds. The highest BCUT2D eigenvalue weighted by Gasteiger charge is 2.20. The number of carbonyl (C=O) groups excluding carboxylic acids is 1. The minimum Gasteiger partial charge on any atom is -0.395 e. The third-order valence-electron chi connectivity index (χ3n) is 2.88. The van der Waals surface area contributed by atoms with E-state index in [1.54, 1.807) is 0 Å². The van der Waals surface area contributed by atoms with Crippen molar-refractivity contribution in [1.82, 2.24) is 4.90 Å². The standard InChI is InChI=1S/C11H21NO2S/c1-9-3-5-12(6-4-9)11(14)8-15-10(2)7-13/h9-10,13H,3-8H2,1-2H3/t10-/m1/s1. The molecule has 0 spiro atoms. The van der Waals surface area contributed by atoms with Gasteiger partial charge in [0.2, 0.25) is 5.91 Å². The molecule has 4 heteroatoms. The summed E-state index contributed by atoms with van der Waals surface area (Å²) in [5.41, 5.74) is 0. The van der Waals surface area contributed by atoms with Crippen LogP contribution in [0.4, 0.5) is 0 Å². The third-order valence-corrected chi connectivity index (χ3v) is 4.02. The second kappa shape index (κ2) is 6.38. The molecule has 1 atom stereocenters. The number of likely N-dealkylation sites (tertiary alicyclic amines) is 1. The van der Waals surface area contributed by atoms with Crippen LogP contribution in [0.1, 0.15) is 26.7 Å². The first-order chi connectivity index (χ1) is 7.13. The van der Waals surface area contributed by atoms with Crippen LogP contribution in [0.25, 0.3) is 0 Å². The van der Waals surface area contributed by atoms with Crippen LogP contribution in [0.5, 0.6) is 0 Å². The van der Waals surface area contributed by atoms with Gasteiger partial charge in [0.1, 0.15) is 0 Å². The van der Waals surface area contributed by atoms with Crippen LogP contribution in [0.15, 0.2) is 0 Å². The Bertz CT molecular complexity index is 203. The molecule has 88 valence electrons. The largest absolute Gasteiger partial charge is 0.395 e. The van der Waals surface area contributed by atoms with Crippen LogP contribution in [-0.4, -0.2) is 46.6 Å². The van der Waals surface area contributed by atoms with Crippen molar-refractivity contribution in [3.8, 4) is 0 Å². The Morgan fingerprint density at radius 3 is 2.67 bits per heavy atom. The average molecular weight is 231 g/mol. The number of aliphatic hydroxyl groups is 1. The number of aliphatic hydroxyl groups excluding tert-OH is 1. The average Bonchev–Trinajstić information content (AvgIpc) is 2.26. The fraction of sp³-hybridized carbons (Fsp3) is 0.909. The van der Waals surface area contributed by atoms with Crippen molar-refractivity contribution in [2.75, 3.05) is 25.4 Å². The molecule has 0 aromatic carbocycles. The van der Waals surface area contributed by atoms with E-state index in [0.29, 0.717) is 5.75 Å². The van der Waals surface area contributed by atoms with Gasteiger partial charge in [0.15, 0.2) is 0 Å². The van der Waals surface area contributed by atoms with E-state index in [2.05, 4.69) is 6.92 Å². The molecule has 1 rings (SSSR count). The highest BCUT2D eigenvalue weighted by Crippen LogP contribution is 2.18. The lowest BCUT2D eigenvalue weighted by atomic mass is 9.99. The lowest BCUT2D eigenvalue weighted by Gasteiger charge is -2.30. The van der Waals surface area contributed by atoms with Gasteiger partial charge >= 0.3 is 0 Å². The summed E-state index contributed by atoms with van der Waals surface area (Å²) in [6.45, 7) is 6.15. The maximum atomic E-state index is 11.7. The maximum absolute atomic E-state index is 11.7. The highest BCUT2D eigenvalue weighted by molar-refractivity contribution is 8.00. The second-order valence-electron chi connectivity index (χ2n) is 4.37. The number of amides is 1. The Morgan fingerprint density at radius 2 is 2.13 bits per heavy atom. The van der Waals surface area contributed by atoms with Gasteiger partial charge in [-0.15, -0.1) is 11.8 Å². The predicted octanol–water partition coefficient (Wildman–Crippen LogP) is 1.36. The van der Waals surface area contributed by atoms with Crippen LogP contribution in [0, 0.1) is 5.92 Å². The fourth-order valence-corrected chi connectivity index (χ4v) is 2.33. The molecule has 1 saturated heterocycles. The summed E-state index contributed by atoms with van der Waals surface area (Å²) in [6.07, 6.45) is 2.26. The van der Waals surface area contributed by atoms with E-state index in [9.17, 15) is 4.79 Å². The summed E-state index contributed by atoms with van der Waals surface area (Å²) in [5, 5.41) is 9.01. The molecular weight excluding hydrogens is 210 g/mol.